The van der Waals surface area contributed by atoms with Crippen LogP contribution in [0.1, 0.15) is 90.4 Å². The molecular weight excluding hydrogens is 532 g/mol. The topological polar surface area (TPSA) is 98.4 Å². The number of carbonyl (C=O) groups excluding carboxylic acids is 2. The van der Waals surface area contributed by atoms with Crippen LogP contribution in [-0.2, 0) is 19.1 Å². The monoisotopic (exact) mass is 590 g/mol. The highest BCUT2D eigenvalue weighted by Crippen LogP contribution is 2.35. The van der Waals surface area contributed by atoms with Crippen LogP contribution in [0.2, 0.25) is 0 Å². The molecule has 2 saturated carbocycles. The van der Waals surface area contributed by atoms with Gasteiger partial charge < -0.3 is 20.1 Å². The Balaban J connectivity index is 1.23. The Morgan fingerprint density at radius 3 is 2.60 bits per heavy atom. The Morgan fingerprint density at radius 1 is 0.929 bits per heavy atom. The number of piperidine rings is 1. The Bertz CT molecular complexity index is 857. The minimum atomic E-state index is -0.255. The van der Waals surface area contributed by atoms with Crippen molar-refractivity contribution < 1.29 is 19.1 Å². The van der Waals surface area contributed by atoms with Crippen LogP contribution in [0.5, 0.6) is 0 Å². The summed E-state index contributed by atoms with van der Waals surface area (Å²) in [4.78, 5) is 30.4. The van der Waals surface area contributed by atoms with E-state index in [9.17, 15) is 9.59 Å². The van der Waals surface area contributed by atoms with Crippen molar-refractivity contribution in [2.45, 2.75) is 127 Å². The fraction of sp³-hybridized carbons (Fsp3) is 0.938. The van der Waals surface area contributed by atoms with Gasteiger partial charge in [0.25, 0.3) is 0 Å². The highest BCUT2D eigenvalue weighted by Gasteiger charge is 2.44. The van der Waals surface area contributed by atoms with E-state index in [0.717, 1.165) is 64.4 Å². The minimum absolute atomic E-state index is 0.0318. The third-order valence-electron chi connectivity index (χ3n) is 10.8. The third-order valence-corrected chi connectivity index (χ3v) is 10.8. The van der Waals surface area contributed by atoms with E-state index in [-0.39, 0.29) is 36.5 Å². The minimum Gasteiger partial charge on any atom is -0.466 e. The molecule has 3 aliphatic heterocycles. The molecule has 3 heterocycles. The first kappa shape index (κ1) is 32.1. The molecular formula is C32H58N6O4. The lowest BCUT2D eigenvalue weighted by Crippen LogP contribution is -2.63. The van der Waals surface area contributed by atoms with Gasteiger partial charge in [-0.3, -0.25) is 24.8 Å². The van der Waals surface area contributed by atoms with E-state index in [2.05, 4.69) is 30.9 Å². The summed E-state index contributed by atoms with van der Waals surface area (Å²) >= 11 is 0. The summed E-state index contributed by atoms with van der Waals surface area (Å²) in [5.74, 6) is 0.535. The van der Waals surface area contributed by atoms with Crippen molar-refractivity contribution in [2.24, 2.45) is 5.92 Å². The number of methoxy groups -OCH3 is 1. The molecule has 0 aromatic rings. The van der Waals surface area contributed by atoms with Gasteiger partial charge in [0.1, 0.15) is 0 Å². The number of rotatable bonds is 11. The quantitative estimate of drug-likeness (QED) is 0.313. The Morgan fingerprint density at radius 2 is 1.79 bits per heavy atom. The van der Waals surface area contributed by atoms with Gasteiger partial charge in [-0.15, -0.1) is 0 Å². The number of hydrogen-bond acceptors (Lipinski definition) is 9. The predicted molar refractivity (Wildman–Crippen MR) is 164 cm³/mol. The molecule has 5 fully saturated rings. The summed E-state index contributed by atoms with van der Waals surface area (Å²) in [7, 11) is 1.89. The molecule has 42 heavy (non-hydrogen) atoms. The molecule has 0 aromatic heterocycles. The van der Waals surface area contributed by atoms with Gasteiger partial charge in [0, 0.05) is 63.9 Å². The van der Waals surface area contributed by atoms with Crippen molar-refractivity contribution >= 4 is 11.9 Å². The smallest absolute Gasteiger partial charge is 0.307 e. The van der Waals surface area contributed by atoms with Gasteiger partial charge in [0.15, 0.2) is 0 Å². The zero-order valence-corrected chi connectivity index (χ0v) is 26.4. The number of amides is 1. The summed E-state index contributed by atoms with van der Waals surface area (Å²) in [6.45, 7) is 8.75. The molecule has 6 unspecified atom stereocenters. The van der Waals surface area contributed by atoms with Crippen LogP contribution in [0.25, 0.3) is 0 Å². The number of hydrazine groups is 1. The van der Waals surface area contributed by atoms with Crippen molar-refractivity contribution in [3.8, 4) is 0 Å². The van der Waals surface area contributed by atoms with E-state index in [1.54, 1.807) is 0 Å². The van der Waals surface area contributed by atoms with E-state index in [4.69, 9.17) is 9.47 Å². The largest absolute Gasteiger partial charge is 0.466 e. The Hall–Kier alpha value is -1.30. The molecule has 0 bridgehead atoms. The summed E-state index contributed by atoms with van der Waals surface area (Å²) in [6, 6.07) is 1.96. The molecule has 3 saturated heterocycles. The van der Waals surface area contributed by atoms with Crippen LogP contribution in [0, 0.1) is 5.92 Å². The van der Waals surface area contributed by atoms with Gasteiger partial charge >= 0.3 is 5.97 Å². The maximum Gasteiger partial charge on any atom is 0.307 e. The van der Waals surface area contributed by atoms with Gasteiger partial charge in [-0.1, -0.05) is 19.3 Å². The van der Waals surface area contributed by atoms with Crippen LogP contribution in [-0.4, -0.2) is 123 Å². The van der Waals surface area contributed by atoms with Crippen LogP contribution in [0.4, 0.5) is 0 Å². The van der Waals surface area contributed by atoms with Crippen LogP contribution < -0.4 is 16.1 Å². The first-order chi connectivity index (χ1) is 20.6. The maximum atomic E-state index is 13.2. The second-order valence-electron chi connectivity index (χ2n) is 13.3. The third kappa shape index (κ3) is 8.24. The first-order valence-electron chi connectivity index (χ1n) is 17.3. The number of esters is 1. The normalized spacial score (nSPS) is 33.0. The molecule has 2 aliphatic carbocycles. The second-order valence-corrected chi connectivity index (χ2v) is 13.3. The Kier molecular flexibility index (Phi) is 12.3. The average Bonchev–Trinajstić information content (AvgIpc) is 3.38. The lowest BCUT2D eigenvalue weighted by Gasteiger charge is -2.49. The second kappa shape index (κ2) is 16.1. The molecule has 6 atom stereocenters. The van der Waals surface area contributed by atoms with E-state index in [0.29, 0.717) is 37.7 Å². The van der Waals surface area contributed by atoms with Gasteiger partial charge in [-0.05, 0) is 83.8 Å². The van der Waals surface area contributed by atoms with Crippen molar-refractivity contribution in [1.82, 2.24) is 30.9 Å². The summed E-state index contributed by atoms with van der Waals surface area (Å²) < 4.78 is 11.1. The lowest BCUT2D eigenvalue weighted by molar-refractivity contribution is -0.143. The molecule has 1 amide bonds. The zero-order chi connectivity index (χ0) is 29.3. The van der Waals surface area contributed by atoms with Crippen molar-refractivity contribution in [3.63, 3.8) is 0 Å². The van der Waals surface area contributed by atoms with Crippen LogP contribution >= 0.6 is 0 Å². The number of ether oxygens (including phenoxy) is 2. The standard InChI is InChI=1S/C32H58N6O4/c1-3-42-30(40)14-17-33-29(39)23-27(26-15-20-38(35-26)25-10-5-4-6-11-25)36-18-8-19-37(22-21-36)32-28(41-2)13-12-24-9-7-16-34-31(24)32/h24-28,31-32,34-35H,3-23H2,1-2H3,(H,33,39). The molecule has 240 valence electrons. The van der Waals surface area contributed by atoms with E-state index < -0.39 is 0 Å². The van der Waals surface area contributed by atoms with Gasteiger partial charge in [-0.25, -0.2) is 5.01 Å². The van der Waals surface area contributed by atoms with E-state index >= 15 is 0 Å². The number of fused-ring (bicyclic) bond motifs is 1. The molecule has 0 spiro atoms. The molecule has 5 aliphatic rings. The fourth-order valence-corrected chi connectivity index (χ4v) is 8.69. The average molecular weight is 591 g/mol. The van der Waals surface area contributed by atoms with Gasteiger partial charge in [0.05, 0.1) is 25.2 Å². The zero-order valence-electron chi connectivity index (χ0n) is 26.4. The highest BCUT2D eigenvalue weighted by atomic mass is 16.5. The van der Waals surface area contributed by atoms with E-state index in [1.807, 2.05) is 14.0 Å². The molecule has 5 rings (SSSR count). The molecule has 3 N–H and O–H groups in total. The number of nitrogens with one attached hydrogen (secondary N) is 3. The van der Waals surface area contributed by atoms with Gasteiger partial charge in [-0.2, -0.15) is 0 Å². The molecule has 10 heteroatoms. The maximum absolute atomic E-state index is 13.2. The molecule has 10 nitrogen and oxygen atoms in total. The summed E-state index contributed by atoms with van der Waals surface area (Å²) in [5.41, 5.74) is 3.90. The summed E-state index contributed by atoms with van der Waals surface area (Å²) in [6.07, 6.45) is 14.7. The summed E-state index contributed by atoms with van der Waals surface area (Å²) in [5, 5.41) is 9.41. The van der Waals surface area contributed by atoms with Crippen LogP contribution in [0.3, 0.4) is 0 Å². The lowest BCUT2D eigenvalue weighted by atomic mass is 9.74. The van der Waals surface area contributed by atoms with Gasteiger partial charge in [0.2, 0.25) is 5.91 Å². The van der Waals surface area contributed by atoms with Crippen molar-refractivity contribution in [2.75, 3.05) is 59.5 Å². The molecule has 0 radical (unpaired) electrons. The predicted octanol–water partition coefficient (Wildman–Crippen LogP) is 2.28. The van der Waals surface area contributed by atoms with Crippen molar-refractivity contribution in [1.29, 1.82) is 0 Å². The molecule has 0 aromatic carbocycles. The van der Waals surface area contributed by atoms with Crippen molar-refractivity contribution in [3.05, 3.63) is 0 Å². The number of nitrogens with zero attached hydrogens (tertiary/aromatic N) is 3. The fourth-order valence-electron chi connectivity index (χ4n) is 8.69. The Labute approximate surface area is 253 Å². The number of carbonyl (C=O) groups is 2. The number of hydrogen-bond donors (Lipinski definition) is 3. The van der Waals surface area contributed by atoms with Crippen LogP contribution in [0.15, 0.2) is 0 Å². The van der Waals surface area contributed by atoms with E-state index in [1.165, 1.54) is 51.4 Å². The highest BCUT2D eigenvalue weighted by molar-refractivity contribution is 5.77. The SMILES string of the molecule is CCOC(=O)CCNC(=O)CC(C1CCN(C2CCCCC2)N1)N1CCCN(C2C(OC)CCC3CCCNC32)CC1. The first-order valence-corrected chi connectivity index (χ1v) is 17.3.